The molecule has 1 fully saturated rings. The maximum absolute atomic E-state index is 12.2. The Hall–Kier alpha value is -2.37. The lowest BCUT2D eigenvalue weighted by atomic mass is 10.1. The summed E-state index contributed by atoms with van der Waals surface area (Å²) in [6.07, 6.45) is 10.5. The third-order valence-electron chi connectivity index (χ3n) is 3.61. The molecule has 0 saturated carbocycles. The first kappa shape index (κ1) is 13.6. The minimum atomic E-state index is 0.132. The van der Waals surface area contributed by atoms with Crippen molar-refractivity contribution in [2.45, 2.75) is 25.5 Å². The van der Waals surface area contributed by atoms with Crippen molar-refractivity contribution in [3.8, 4) is 5.75 Å². The number of pyridine rings is 1. The largest absolute Gasteiger partial charge is 0.489 e. The molecule has 6 heteroatoms. The van der Waals surface area contributed by atoms with Gasteiger partial charge in [0.1, 0.15) is 18.4 Å². The van der Waals surface area contributed by atoms with Crippen molar-refractivity contribution in [2.75, 3.05) is 13.1 Å². The van der Waals surface area contributed by atoms with Gasteiger partial charge in [-0.3, -0.25) is 9.78 Å². The lowest BCUT2D eigenvalue weighted by Crippen LogP contribution is -2.43. The van der Waals surface area contributed by atoms with Gasteiger partial charge in [0, 0.05) is 44.5 Å². The molecule has 1 aliphatic rings. The molecule has 6 nitrogen and oxygen atoms in total. The molecule has 1 aliphatic heterocycles. The van der Waals surface area contributed by atoms with Crippen LogP contribution in [0, 0.1) is 0 Å². The lowest BCUT2D eigenvalue weighted by Gasteiger charge is -2.32. The fourth-order valence-electron chi connectivity index (χ4n) is 2.47. The van der Waals surface area contributed by atoms with Crippen LogP contribution in [0.4, 0.5) is 0 Å². The number of piperidine rings is 1. The molecule has 3 heterocycles. The van der Waals surface area contributed by atoms with Gasteiger partial charge in [0.2, 0.25) is 5.91 Å². The van der Waals surface area contributed by atoms with Crippen molar-refractivity contribution in [1.82, 2.24) is 19.4 Å². The van der Waals surface area contributed by atoms with E-state index in [1.54, 1.807) is 35.7 Å². The number of aromatic nitrogens is 3. The molecule has 110 valence electrons. The first-order chi connectivity index (χ1) is 10.3. The Balaban J connectivity index is 1.47. The molecular formula is C15H18N4O2. The molecule has 3 rings (SSSR count). The number of carbonyl (C=O) groups is 1. The van der Waals surface area contributed by atoms with Gasteiger partial charge in [0.05, 0.1) is 12.5 Å². The van der Waals surface area contributed by atoms with Crippen LogP contribution in [0.15, 0.2) is 43.2 Å². The number of ether oxygens (including phenoxy) is 1. The Morgan fingerprint density at radius 2 is 2.14 bits per heavy atom. The highest BCUT2D eigenvalue weighted by atomic mass is 16.5. The highest BCUT2D eigenvalue weighted by Crippen LogP contribution is 2.18. The molecule has 0 bridgehead atoms. The second kappa shape index (κ2) is 6.39. The standard InChI is InChI=1S/C15H18N4O2/c20-15(11-18-9-6-17-12-18)19-7-3-13(4-8-19)21-14-2-1-5-16-10-14/h1-2,5-6,9-10,12-13H,3-4,7-8,11H2. The van der Waals surface area contributed by atoms with Crippen molar-refractivity contribution in [3.05, 3.63) is 43.2 Å². The van der Waals surface area contributed by atoms with Crippen LogP contribution in [0.25, 0.3) is 0 Å². The van der Waals surface area contributed by atoms with Crippen LogP contribution in [0.2, 0.25) is 0 Å². The predicted octanol–water partition coefficient (Wildman–Crippen LogP) is 1.35. The summed E-state index contributed by atoms with van der Waals surface area (Å²) in [7, 11) is 0. The first-order valence-corrected chi connectivity index (χ1v) is 7.11. The molecule has 1 amide bonds. The van der Waals surface area contributed by atoms with Crippen LogP contribution in [0.1, 0.15) is 12.8 Å². The number of rotatable bonds is 4. The number of carbonyl (C=O) groups excluding carboxylic acids is 1. The maximum Gasteiger partial charge on any atom is 0.242 e. The van der Waals surface area contributed by atoms with Gasteiger partial charge < -0.3 is 14.2 Å². The topological polar surface area (TPSA) is 60.2 Å². The molecular weight excluding hydrogens is 268 g/mol. The van der Waals surface area contributed by atoms with E-state index in [1.165, 1.54) is 0 Å². The van der Waals surface area contributed by atoms with Gasteiger partial charge in [-0.2, -0.15) is 0 Å². The molecule has 0 atom stereocenters. The molecule has 0 aliphatic carbocycles. The lowest BCUT2D eigenvalue weighted by molar-refractivity contribution is -0.133. The third-order valence-corrected chi connectivity index (χ3v) is 3.61. The summed E-state index contributed by atoms with van der Waals surface area (Å²) in [6.45, 7) is 1.82. The Morgan fingerprint density at radius 3 is 2.81 bits per heavy atom. The molecule has 2 aromatic heterocycles. The number of nitrogens with zero attached hydrogens (tertiary/aromatic N) is 4. The highest BCUT2D eigenvalue weighted by Gasteiger charge is 2.23. The van der Waals surface area contributed by atoms with Crippen LogP contribution in [-0.4, -0.2) is 44.5 Å². The van der Waals surface area contributed by atoms with E-state index >= 15 is 0 Å². The zero-order valence-electron chi connectivity index (χ0n) is 11.8. The average molecular weight is 286 g/mol. The highest BCUT2D eigenvalue weighted by molar-refractivity contribution is 5.76. The monoisotopic (exact) mass is 286 g/mol. The fraction of sp³-hybridized carbons (Fsp3) is 0.400. The van der Waals surface area contributed by atoms with Crippen molar-refractivity contribution < 1.29 is 9.53 Å². The third kappa shape index (κ3) is 3.59. The van der Waals surface area contributed by atoms with Crippen molar-refractivity contribution in [2.24, 2.45) is 0 Å². The van der Waals surface area contributed by atoms with Gasteiger partial charge in [-0.25, -0.2) is 4.98 Å². The maximum atomic E-state index is 12.2. The SMILES string of the molecule is O=C(Cn1ccnc1)N1CCC(Oc2cccnc2)CC1. The molecule has 2 aromatic rings. The van der Waals surface area contributed by atoms with Crippen LogP contribution >= 0.6 is 0 Å². The molecule has 0 aromatic carbocycles. The summed E-state index contributed by atoms with van der Waals surface area (Å²) in [4.78, 5) is 22.0. The first-order valence-electron chi connectivity index (χ1n) is 7.11. The zero-order chi connectivity index (χ0) is 14.5. The van der Waals surface area contributed by atoms with E-state index in [0.29, 0.717) is 6.54 Å². The van der Waals surface area contributed by atoms with E-state index in [9.17, 15) is 4.79 Å². The summed E-state index contributed by atoms with van der Waals surface area (Å²) in [5.41, 5.74) is 0. The molecule has 0 unspecified atom stereocenters. The summed E-state index contributed by atoms with van der Waals surface area (Å²) in [5.74, 6) is 0.925. The number of hydrogen-bond donors (Lipinski definition) is 0. The molecule has 21 heavy (non-hydrogen) atoms. The minimum absolute atomic E-state index is 0.132. The number of hydrogen-bond acceptors (Lipinski definition) is 4. The van der Waals surface area contributed by atoms with Crippen LogP contribution in [0.3, 0.4) is 0 Å². The molecule has 0 spiro atoms. The summed E-state index contributed by atoms with van der Waals surface area (Å²) in [5, 5.41) is 0. The predicted molar refractivity (Wildman–Crippen MR) is 76.7 cm³/mol. The Bertz CT molecular complexity index is 563. The van der Waals surface area contributed by atoms with Crippen LogP contribution < -0.4 is 4.74 Å². The quantitative estimate of drug-likeness (QED) is 0.851. The van der Waals surface area contributed by atoms with E-state index in [0.717, 1.165) is 31.7 Å². The van der Waals surface area contributed by atoms with Gasteiger partial charge in [0.15, 0.2) is 0 Å². The Kier molecular flexibility index (Phi) is 4.14. The van der Waals surface area contributed by atoms with Crippen LogP contribution in [-0.2, 0) is 11.3 Å². The Morgan fingerprint density at radius 1 is 1.29 bits per heavy atom. The number of amides is 1. The second-order valence-corrected chi connectivity index (χ2v) is 5.12. The van der Waals surface area contributed by atoms with Gasteiger partial charge in [-0.05, 0) is 12.1 Å². The molecule has 0 N–H and O–H groups in total. The Labute approximate surface area is 123 Å². The van der Waals surface area contributed by atoms with Gasteiger partial charge in [0.25, 0.3) is 0 Å². The number of likely N-dealkylation sites (tertiary alicyclic amines) is 1. The zero-order valence-corrected chi connectivity index (χ0v) is 11.8. The van der Waals surface area contributed by atoms with Crippen molar-refractivity contribution >= 4 is 5.91 Å². The van der Waals surface area contributed by atoms with Crippen molar-refractivity contribution in [1.29, 1.82) is 0 Å². The van der Waals surface area contributed by atoms with Crippen LogP contribution in [0.5, 0.6) is 5.75 Å². The average Bonchev–Trinajstić information content (AvgIpc) is 3.02. The molecule has 0 radical (unpaired) electrons. The normalized spacial score (nSPS) is 15.9. The second-order valence-electron chi connectivity index (χ2n) is 5.12. The summed E-state index contributed by atoms with van der Waals surface area (Å²) < 4.78 is 7.67. The smallest absolute Gasteiger partial charge is 0.242 e. The van der Waals surface area contributed by atoms with Gasteiger partial charge in [-0.15, -0.1) is 0 Å². The minimum Gasteiger partial charge on any atom is -0.489 e. The fourth-order valence-corrected chi connectivity index (χ4v) is 2.47. The van der Waals surface area contributed by atoms with E-state index in [4.69, 9.17) is 4.74 Å². The van der Waals surface area contributed by atoms with E-state index in [1.807, 2.05) is 17.0 Å². The van der Waals surface area contributed by atoms with Gasteiger partial charge >= 0.3 is 0 Å². The number of imidazole rings is 1. The van der Waals surface area contributed by atoms with E-state index in [2.05, 4.69) is 9.97 Å². The van der Waals surface area contributed by atoms with Gasteiger partial charge in [-0.1, -0.05) is 0 Å². The van der Waals surface area contributed by atoms with E-state index in [-0.39, 0.29) is 12.0 Å². The van der Waals surface area contributed by atoms with E-state index < -0.39 is 0 Å². The van der Waals surface area contributed by atoms with Crippen molar-refractivity contribution in [3.63, 3.8) is 0 Å². The summed E-state index contributed by atoms with van der Waals surface area (Å²) >= 11 is 0. The summed E-state index contributed by atoms with van der Waals surface area (Å²) in [6, 6.07) is 3.77. The molecule has 1 saturated heterocycles.